The number of carbonyl (C=O) groups excluding carboxylic acids is 1. The molecule has 0 unspecified atom stereocenters. The topological polar surface area (TPSA) is 107 Å². The van der Waals surface area contributed by atoms with Crippen molar-refractivity contribution in [2.24, 2.45) is 0 Å². The fraction of sp³-hybridized carbons (Fsp3) is 0.217. The first kappa shape index (κ1) is 23.9. The molecule has 0 saturated carbocycles. The fourth-order valence-corrected chi connectivity index (χ4v) is 3.52. The second kappa shape index (κ2) is 9.20. The number of alkyl halides is 3. The first-order valence-corrected chi connectivity index (χ1v) is 10.4. The van der Waals surface area contributed by atoms with E-state index in [0.29, 0.717) is 11.1 Å². The van der Waals surface area contributed by atoms with Crippen molar-refractivity contribution in [2.75, 3.05) is 12.8 Å². The Hall–Kier alpha value is -4.22. The number of nitrogens with zero attached hydrogens (tertiary/aromatic N) is 4. The van der Waals surface area contributed by atoms with Crippen LogP contribution in [0, 0.1) is 5.82 Å². The van der Waals surface area contributed by atoms with Gasteiger partial charge in [-0.25, -0.2) is 18.9 Å². The number of hydrogen-bond donors (Lipinski definition) is 2. The SMILES string of the molecule is COc1ccc(F)cc1C(=O)NCc1ccc(-c2nc([C@H](C)C(F)(F)F)n3ncnc(N)c23)cc1. The van der Waals surface area contributed by atoms with Crippen molar-refractivity contribution in [1.29, 1.82) is 0 Å². The van der Waals surface area contributed by atoms with Crippen molar-refractivity contribution in [3.63, 3.8) is 0 Å². The number of methoxy groups -OCH3 is 1. The Morgan fingerprint density at radius 1 is 1.20 bits per heavy atom. The highest BCUT2D eigenvalue weighted by Crippen LogP contribution is 2.37. The molecule has 2 aromatic heterocycles. The van der Waals surface area contributed by atoms with Gasteiger partial charge in [-0.1, -0.05) is 24.3 Å². The number of fused-ring (bicyclic) bond motifs is 1. The van der Waals surface area contributed by atoms with E-state index < -0.39 is 23.8 Å². The number of aromatic nitrogens is 4. The summed E-state index contributed by atoms with van der Waals surface area (Å²) in [6.07, 6.45) is -3.45. The highest BCUT2D eigenvalue weighted by molar-refractivity contribution is 5.96. The number of benzene rings is 2. The summed E-state index contributed by atoms with van der Waals surface area (Å²) in [6.45, 7) is 1.11. The molecule has 1 amide bonds. The van der Waals surface area contributed by atoms with Crippen LogP contribution in [0.2, 0.25) is 0 Å². The van der Waals surface area contributed by atoms with Crippen molar-refractivity contribution in [2.45, 2.75) is 25.6 Å². The largest absolute Gasteiger partial charge is 0.496 e. The van der Waals surface area contributed by atoms with Crippen LogP contribution < -0.4 is 15.8 Å². The van der Waals surface area contributed by atoms with Gasteiger partial charge in [0.2, 0.25) is 0 Å². The molecule has 0 aliphatic heterocycles. The van der Waals surface area contributed by atoms with Crippen LogP contribution in [-0.4, -0.2) is 38.8 Å². The van der Waals surface area contributed by atoms with Crippen LogP contribution in [-0.2, 0) is 6.54 Å². The highest BCUT2D eigenvalue weighted by atomic mass is 19.4. The molecule has 182 valence electrons. The smallest absolute Gasteiger partial charge is 0.398 e. The zero-order chi connectivity index (χ0) is 25.3. The number of rotatable bonds is 6. The van der Waals surface area contributed by atoms with Crippen LogP contribution in [0.25, 0.3) is 16.8 Å². The second-order valence-electron chi connectivity index (χ2n) is 7.71. The van der Waals surface area contributed by atoms with Gasteiger partial charge in [-0.05, 0) is 30.7 Å². The molecule has 2 aromatic carbocycles. The van der Waals surface area contributed by atoms with Gasteiger partial charge in [0.1, 0.15) is 40.8 Å². The molecule has 35 heavy (non-hydrogen) atoms. The van der Waals surface area contributed by atoms with E-state index in [1.165, 1.54) is 19.2 Å². The molecule has 0 aliphatic carbocycles. The molecule has 0 fully saturated rings. The predicted molar refractivity (Wildman–Crippen MR) is 119 cm³/mol. The van der Waals surface area contributed by atoms with E-state index >= 15 is 0 Å². The van der Waals surface area contributed by atoms with Crippen LogP contribution in [0.4, 0.5) is 23.4 Å². The second-order valence-corrected chi connectivity index (χ2v) is 7.71. The Balaban J connectivity index is 1.59. The molecule has 12 heteroatoms. The third-order valence-electron chi connectivity index (χ3n) is 5.45. The molecule has 3 N–H and O–H groups in total. The van der Waals surface area contributed by atoms with Gasteiger partial charge in [-0.3, -0.25) is 4.79 Å². The summed E-state index contributed by atoms with van der Waals surface area (Å²) in [6, 6.07) is 10.3. The number of hydrogen-bond acceptors (Lipinski definition) is 6. The normalized spacial score (nSPS) is 12.5. The van der Waals surface area contributed by atoms with Gasteiger partial charge >= 0.3 is 6.18 Å². The van der Waals surface area contributed by atoms with Crippen LogP contribution in [0.3, 0.4) is 0 Å². The molecule has 1 atom stereocenters. The Morgan fingerprint density at radius 3 is 2.57 bits per heavy atom. The molecular weight excluding hydrogens is 468 g/mol. The van der Waals surface area contributed by atoms with Crippen molar-refractivity contribution in [3.8, 4) is 17.0 Å². The predicted octanol–water partition coefficient (Wildman–Crippen LogP) is 4.12. The summed E-state index contributed by atoms with van der Waals surface area (Å²) in [5.74, 6) is -3.07. The van der Waals surface area contributed by atoms with Crippen molar-refractivity contribution < 1.29 is 27.1 Å². The fourth-order valence-electron chi connectivity index (χ4n) is 3.52. The number of nitrogens with one attached hydrogen (secondary N) is 1. The van der Waals surface area contributed by atoms with Gasteiger partial charge in [0.15, 0.2) is 5.82 Å². The summed E-state index contributed by atoms with van der Waals surface area (Å²) in [5.41, 5.74) is 7.54. The number of ether oxygens (including phenoxy) is 1. The van der Waals surface area contributed by atoms with E-state index in [2.05, 4.69) is 20.4 Å². The molecule has 2 heterocycles. The van der Waals surface area contributed by atoms with E-state index in [-0.39, 0.29) is 40.7 Å². The lowest BCUT2D eigenvalue weighted by Crippen LogP contribution is -2.23. The quantitative estimate of drug-likeness (QED) is 0.396. The highest BCUT2D eigenvalue weighted by Gasteiger charge is 2.40. The van der Waals surface area contributed by atoms with E-state index in [4.69, 9.17) is 10.5 Å². The average molecular weight is 488 g/mol. The molecule has 0 aliphatic rings. The average Bonchev–Trinajstić information content (AvgIpc) is 3.22. The van der Waals surface area contributed by atoms with Gasteiger partial charge in [-0.2, -0.15) is 18.3 Å². The molecule has 0 radical (unpaired) electrons. The van der Waals surface area contributed by atoms with Crippen LogP contribution in [0.1, 0.15) is 34.6 Å². The molecule has 4 rings (SSSR count). The van der Waals surface area contributed by atoms with E-state index in [0.717, 1.165) is 23.8 Å². The Bertz CT molecular complexity index is 1390. The lowest BCUT2D eigenvalue weighted by molar-refractivity contribution is -0.148. The summed E-state index contributed by atoms with van der Waals surface area (Å²) < 4.78 is 59.8. The van der Waals surface area contributed by atoms with Gasteiger partial charge < -0.3 is 15.8 Å². The number of amides is 1. The molecule has 4 aromatic rings. The monoisotopic (exact) mass is 488 g/mol. The molecular formula is C23H20F4N6O2. The van der Waals surface area contributed by atoms with Crippen molar-refractivity contribution in [1.82, 2.24) is 24.9 Å². The van der Waals surface area contributed by atoms with Crippen LogP contribution in [0.15, 0.2) is 48.8 Å². The summed E-state index contributed by atoms with van der Waals surface area (Å²) in [4.78, 5) is 20.6. The summed E-state index contributed by atoms with van der Waals surface area (Å²) in [5, 5.41) is 6.60. The zero-order valence-corrected chi connectivity index (χ0v) is 18.6. The number of nitrogen functional groups attached to an aromatic ring is 1. The maximum atomic E-state index is 13.5. The Morgan fingerprint density at radius 2 is 1.91 bits per heavy atom. The first-order chi connectivity index (χ1) is 16.6. The van der Waals surface area contributed by atoms with Gasteiger partial charge in [0.25, 0.3) is 5.91 Å². The van der Waals surface area contributed by atoms with E-state index in [9.17, 15) is 22.4 Å². The lowest BCUT2D eigenvalue weighted by Gasteiger charge is -2.13. The number of imidazole rings is 1. The minimum Gasteiger partial charge on any atom is -0.496 e. The molecule has 0 saturated heterocycles. The number of nitrogens with two attached hydrogens (primary N) is 1. The number of anilines is 1. The third-order valence-corrected chi connectivity index (χ3v) is 5.45. The molecule has 0 spiro atoms. The minimum absolute atomic E-state index is 0.0106. The molecule has 0 bridgehead atoms. The maximum Gasteiger partial charge on any atom is 0.398 e. The van der Waals surface area contributed by atoms with Crippen LogP contribution in [0.5, 0.6) is 5.75 Å². The standard InChI is InChI=1S/C23H20F4N6O2/c1-12(23(25,26)27)21-32-18(19-20(28)30-11-31-33(19)21)14-5-3-13(4-6-14)10-29-22(34)16-9-15(24)7-8-17(16)35-2/h3-9,11-12H,10H2,1-2H3,(H,29,34)(H2,28,30,31)/t12-/m0/s1. The van der Waals surface area contributed by atoms with Crippen molar-refractivity contribution in [3.05, 3.63) is 71.6 Å². The third kappa shape index (κ3) is 4.72. The number of halogens is 4. The van der Waals surface area contributed by atoms with Gasteiger partial charge in [0.05, 0.1) is 12.7 Å². The minimum atomic E-state index is -4.52. The maximum absolute atomic E-state index is 13.5. The number of carbonyl (C=O) groups is 1. The lowest BCUT2D eigenvalue weighted by atomic mass is 10.1. The van der Waals surface area contributed by atoms with Gasteiger partial charge in [0, 0.05) is 12.1 Å². The first-order valence-electron chi connectivity index (χ1n) is 10.4. The van der Waals surface area contributed by atoms with E-state index in [1.54, 1.807) is 24.3 Å². The molecule has 8 nitrogen and oxygen atoms in total. The summed E-state index contributed by atoms with van der Waals surface area (Å²) in [7, 11) is 1.38. The van der Waals surface area contributed by atoms with Gasteiger partial charge in [-0.15, -0.1) is 0 Å². The Kier molecular flexibility index (Phi) is 6.29. The zero-order valence-electron chi connectivity index (χ0n) is 18.6. The Labute approximate surface area is 196 Å². The van der Waals surface area contributed by atoms with E-state index in [1.807, 2.05) is 0 Å². The van der Waals surface area contributed by atoms with Crippen molar-refractivity contribution >= 4 is 17.2 Å². The van der Waals surface area contributed by atoms with Crippen LogP contribution >= 0.6 is 0 Å². The summed E-state index contributed by atoms with van der Waals surface area (Å²) >= 11 is 0.